The molecule has 0 spiro atoms. The Kier molecular flexibility index (Phi) is 7.08. The van der Waals surface area contributed by atoms with Crippen LogP contribution in [-0.2, 0) is 17.8 Å². The molecule has 0 saturated carbocycles. The van der Waals surface area contributed by atoms with Crippen LogP contribution in [0.15, 0.2) is 67.3 Å². The first-order chi connectivity index (χ1) is 16.4. The zero-order chi connectivity index (χ0) is 24.1. The molecule has 0 aliphatic carbocycles. The molecular weight excluding hydrogens is 430 g/mol. The van der Waals surface area contributed by atoms with Crippen LogP contribution in [-0.4, -0.2) is 31.0 Å². The quantitative estimate of drug-likeness (QED) is 0.335. The van der Waals surface area contributed by atoms with Gasteiger partial charge in [0.05, 0.1) is 11.8 Å². The second-order valence-electron chi connectivity index (χ2n) is 8.51. The van der Waals surface area contributed by atoms with Crippen LogP contribution in [0.3, 0.4) is 0 Å². The molecule has 0 fully saturated rings. The van der Waals surface area contributed by atoms with Gasteiger partial charge in [-0.1, -0.05) is 35.9 Å². The first-order valence-corrected chi connectivity index (χ1v) is 11.3. The van der Waals surface area contributed by atoms with Crippen LogP contribution >= 0.6 is 0 Å². The summed E-state index contributed by atoms with van der Waals surface area (Å²) in [6, 6.07) is 16.1. The lowest BCUT2D eigenvalue weighted by Gasteiger charge is -2.13. The third-order valence-electron chi connectivity index (χ3n) is 5.88. The van der Waals surface area contributed by atoms with Crippen molar-refractivity contribution in [2.45, 2.75) is 45.4 Å². The highest BCUT2D eigenvalue weighted by Crippen LogP contribution is 2.22. The summed E-state index contributed by atoms with van der Waals surface area (Å²) in [7, 11) is 0. The van der Waals surface area contributed by atoms with E-state index >= 15 is 0 Å². The van der Waals surface area contributed by atoms with Crippen LogP contribution in [0.25, 0.3) is 10.9 Å². The van der Waals surface area contributed by atoms with Crippen molar-refractivity contribution in [2.75, 3.05) is 5.32 Å². The average Bonchev–Trinajstić information content (AvgIpc) is 3.47. The predicted molar refractivity (Wildman–Crippen MR) is 131 cm³/mol. The zero-order valence-electron chi connectivity index (χ0n) is 19.1. The molecule has 8 heteroatoms. The summed E-state index contributed by atoms with van der Waals surface area (Å²) in [4.78, 5) is 27.5. The number of hydrogen-bond acceptors (Lipinski definition) is 4. The fourth-order valence-electron chi connectivity index (χ4n) is 3.91. The molecule has 0 radical (unpaired) electrons. The molecule has 0 unspecified atom stereocenters. The molecule has 34 heavy (non-hydrogen) atoms. The Bertz CT molecular complexity index is 1290. The van der Waals surface area contributed by atoms with Crippen molar-refractivity contribution in [3.8, 4) is 0 Å². The van der Waals surface area contributed by atoms with E-state index in [1.54, 1.807) is 0 Å². The van der Waals surface area contributed by atoms with E-state index < -0.39 is 12.1 Å². The van der Waals surface area contributed by atoms with E-state index in [-0.39, 0.29) is 11.6 Å². The number of hydrogen-bond donors (Lipinski definition) is 3. The molecule has 8 nitrogen and oxygen atoms in total. The third kappa shape index (κ3) is 5.71. The van der Waals surface area contributed by atoms with E-state index in [1.165, 1.54) is 22.7 Å². The topological polar surface area (TPSA) is 115 Å². The lowest BCUT2D eigenvalue weighted by atomic mass is 10.1. The van der Waals surface area contributed by atoms with E-state index in [4.69, 9.17) is 5.73 Å². The third-order valence-corrected chi connectivity index (χ3v) is 5.88. The maximum absolute atomic E-state index is 12.5. The van der Waals surface area contributed by atoms with Gasteiger partial charge in [0.1, 0.15) is 11.9 Å². The highest BCUT2D eigenvalue weighted by Gasteiger charge is 2.11. The Morgan fingerprint density at radius 2 is 1.94 bits per heavy atom. The highest BCUT2D eigenvalue weighted by atomic mass is 16.3. The number of aliphatic hydroxyl groups is 1. The van der Waals surface area contributed by atoms with Gasteiger partial charge >= 0.3 is 0 Å². The van der Waals surface area contributed by atoms with Gasteiger partial charge < -0.3 is 25.3 Å². The molecule has 0 bridgehead atoms. The van der Waals surface area contributed by atoms with Crippen molar-refractivity contribution in [1.82, 2.24) is 14.1 Å². The number of primary amides is 1. The molecular formula is C26H29N5O3. The maximum atomic E-state index is 12.5. The number of nitrogens with zero attached hydrogens (tertiary/aromatic N) is 3. The SMILES string of the molecule is Cc1ccc(CCC(=O)Nc2ccc3ccn(CCC[C@@H](O)n4cnc(C(N)=O)c4)c3c2)cc1. The van der Waals surface area contributed by atoms with Gasteiger partial charge in [-0.15, -0.1) is 0 Å². The lowest BCUT2D eigenvalue weighted by Crippen LogP contribution is -2.12. The van der Waals surface area contributed by atoms with Crippen molar-refractivity contribution in [3.63, 3.8) is 0 Å². The number of amides is 2. The second kappa shape index (κ2) is 10.4. The first kappa shape index (κ1) is 23.3. The monoisotopic (exact) mass is 459 g/mol. The van der Waals surface area contributed by atoms with Gasteiger partial charge in [-0.05, 0) is 55.3 Å². The van der Waals surface area contributed by atoms with Crippen LogP contribution in [0.4, 0.5) is 5.69 Å². The van der Waals surface area contributed by atoms with Crippen LogP contribution in [0.1, 0.15) is 47.1 Å². The number of fused-ring (bicyclic) bond motifs is 1. The van der Waals surface area contributed by atoms with Gasteiger partial charge in [-0.3, -0.25) is 9.59 Å². The Hall–Kier alpha value is -3.91. The molecule has 0 saturated heterocycles. The van der Waals surface area contributed by atoms with E-state index in [0.717, 1.165) is 22.2 Å². The van der Waals surface area contributed by atoms with Crippen LogP contribution in [0.5, 0.6) is 0 Å². The van der Waals surface area contributed by atoms with Gasteiger partial charge in [0.25, 0.3) is 5.91 Å². The summed E-state index contributed by atoms with van der Waals surface area (Å²) in [5, 5.41) is 14.4. The maximum Gasteiger partial charge on any atom is 0.268 e. The number of carbonyl (C=O) groups is 2. The number of benzene rings is 2. The number of rotatable bonds is 10. The number of anilines is 1. The molecule has 4 N–H and O–H groups in total. The number of imidazole rings is 1. The fraction of sp³-hybridized carbons (Fsp3) is 0.269. The molecule has 0 aliphatic rings. The zero-order valence-corrected chi connectivity index (χ0v) is 19.1. The van der Waals surface area contributed by atoms with E-state index in [9.17, 15) is 14.7 Å². The molecule has 2 aromatic heterocycles. The van der Waals surface area contributed by atoms with Crippen molar-refractivity contribution < 1.29 is 14.7 Å². The van der Waals surface area contributed by atoms with Gasteiger partial charge in [0.2, 0.25) is 5.91 Å². The summed E-state index contributed by atoms with van der Waals surface area (Å²) in [6.07, 6.45) is 6.39. The Morgan fingerprint density at radius 1 is 1.15 bits per heavy atom. The number of nitrogens with one attached hydrogen (secondary N) is 1. The molecule has 1 atom stereocenters. The Balaban J connectivity index is 1.32. The fourth-order valence-corrected chi connectivity index (χ4v) is 3.91. The van der Waals surface area contributed by atoms with Crippen molar-refractivity contribution in [1.29, 1.82) is 0 Å². The van der Waals surface area contributed by atoms with Crippen molar-refractivity contribution in [3.05, 3.63) is 84.1 Å². The molecule has 4 rings (SSSR count). The Morgan fingerprint density at radius 3 is 2.68 bits per heavy atom. The summed E-state index contributed by atoms with van der Waals surface area (Å²) in [5.74, 6) is -0.639. The highest BCUT2D eigenvalue weighted by molar-refractivity contribution is 5.94. The summed E-state index contributed by atoms with van der Waals surface area (Å²) < 4.78 is 3.59. The first-order valence-electron chi connectivity index (χ1n) is 11.3. The number of aliphatic hydroxyl groups excluding tert-OH is 1. The molecule has 2 amide bonds. The van der Waals surface area contributed by atoms with E-state index in [0.29, 0.717) is 32.2 Å². The molecule has 2 aromatic carbocycles. The molecule has 4 aromatic rings. The van der Waals surface area contributed by atoms with Crippen LogP contribution < -0.4 is 11.1 Å². The minimum absolute atomic E-state index is 0.0168. The predicted octanol–water partition coefficient (Wildman–Crippen LogP) is 3.79. The number of carbonyl (C=O) groups excluding carboxylic acids is 2. The van der Waals surface area contributed by atoms with Crippen LogP contribution in [0, 0.1) is 6.92 Å². The minimum Gasteiger partial charge on any atom is -0.373 e. The normalized spacial score (nSPS) is 12.1. The number of nitrogens with two attached hydrogens (primary N) is 1. The van der Waals surface area contributed by atoms with Gasteiger partial charge in [0.15, 0.2) is 0 Å². The Labute approximate surface area is 198 Å². The van der Waals surface area contributed by atoms with Gasteiger partial charge in [-0.2, -0.15) is 0 Å². The van der Waals surface area contributed by atoms with E-state index in [2.05, 4.69) is 39.1 Å². The van der Waals surface area contributed by atoms with Gasteiger partial charge in [-0.25, -0.2) is 4.98 Å². The summed E-state index contributed by atoms with van der Waals surface area (Å²) in [5.41, 5.74) is 9.47. The second-order valence-corrected chi connectivity index (χ2v) is 8.51. The standard InChI is InChI=1S/C26H29N5O3/c1-18-4-6-19(7-5-18)8-11-24(32)29-21-10-9-20-12-14-30(23(20)15-21)13-2-3-25(33)31-16-22(26(27)34)28-17-31/h4-7,9-10,12,14-17,25,33H,2-3,8,11,13H2,1H3,(H2,27,34)(H,29,32)/t25-/m1/s1. The van der Waals surface area contributed by atoms with Crippen molar-refractivity contribution >= 4 is 28.4 Å². The number of aromatic nitrogens is 3. The number of aryl methyl sites for hydroxylation is 3. The van der Waals surface area contributed by atoms with Crippen molar-refractivity contribution in [2.24, 2.45) is 5.73 Å². The molecule has 0 aliphatic heterocycles. The summed E-state index contributed by atoms with van der Waals surface area (Å²) in [6.45, 7) is 2.74. The van der Waals surface area contributed by atoms with Gasteiger partial charge in [0, 0.05) is 31.0 Å². The van der Waals surface area contributed by atoms with Crippen LogP contribution in [0.2, 0.25) is 0 Å². The average molecular weight is 460 g/mol. The summed E-state index contributed by atoms with van der Waals surface area (Å²) >= 11 is 0. The minimum atomic E-state index is -0.786. The molecule has 2 heterocycles. The largest absolute Gasteiger partial charge is 0.373 e. The lowest BCUT2D eigenvalue weighted by molar-refractivity contribution is -0.116. The molecule has 176 valence electrons. The smallest absolute Gasteiger partial charge is 0.268 e. The van der Waals surface area contributed by atoms with E-state index in [1.807, 2.05) is 37.4 Å².